The second-order valence-electron chi connectivity index (χ2n) is 3.99. The van der Waals surface area contributed by atoms with Gasteiger partial charge in [0.05, 0.1) is 11.6 Å². The summed E-state index contributed by atoms with van der Waals surface area (Å²) in [7, 11) is 0. The van der Waals surface area contributed by atoms with Gasteiger partial charge < -0.3 is 9.30 Å². The molecule has 0 bridgehead atoms. The number of benzene rings is 1. The molecule has 2 aromatic rings. The van der Waals surface area contributed by atoms with Crippen molar-refractivity contribution in [2.75, 3.05) is 6.61 Å². The summed E-state index contributed by atoms with van der Waals surface area (Å²) in [6.07, 6.45) is 1.75. The Balaban J connectivity index is 2.21. The third kappa shape index (κ3) is 3.15. The first-order valence-corrected chi connectivity index (χ1v) is 6.25. The summed E-state index contributed by atoms with van der Waals surface area (Å²) in [6, 6.07) is 8.00. The van der Waals surface area contributed by atoms with Crippen molar-refractivity contribution < 1.29 is 13.9 Å². The van der Waals surface area contributed by atoms with Crippen LogP contribution in [0.25, 0.3) is 0 Å². The molecule has 0 radical (unpaired) electrons. The summed E-state index contributed by atoms with van der Waals surface area (Å²) < 4.78 is 20.0. The second-order valence-corrected chi connectivity index (χ2v) is 4.40. The minimum absolute atomic E-state index is 0.0851. The Morgan fingerprint density at radius 3 is 2.89 bits per heavy atom. The molecule has 1 heterocycles. The summed E-state index contributed by atoms with van der Waals surface area (Å²) in [5, 5.41) is 0.0851. The van der Waals surface area contributed by atoms with Crippen molar-refractivity contribution in [2.24, 2.45) is 0 Å². The number of hydrogen-bond donors (Lipinski definition) is 0. The Labute approximate surface area is 115 Å². The fourth-order valence-electron chi connectivity index (χ4n) is 1.78. The standard InChI is InChI=1S/C14H13ClFNO2/c1-2-19-14(18)13-4-3-7-17(13)9-10-5-6-11(15)12(16)8-10/h3-8H,2,9H2,1H3. The van der Waals surface area contributed by atoms with Gasteiger partial charge in [0.1, 0.15) is 11.5 Å². The number of nitrogens with zero attached hydrogens (tertiary/aromatic N) is 1. The average molecular weight is 282 g/mol. The van der Waals surface area contributed by atoms with Crippen LogP contribution in [0.5, 0.6) is 0 Å². The highest BCUT2D eigenvalue weighted by atomic mass is 35.5. The number of aromatic nitrogens is 1. The smallest absolute Gasteiger partial charge is 0.354 e. The van der Waals surface area contributed by atoms with E-state index < -0.39 is 5.82 Å². The van der Waals surface area contributed by atoms with Gasteiger partial charge in [0.15, 0.2) is 0 Å². The van der Waals surface area contributed by atoms with Gasteiger partial charge in [0.25, 0.3) is 0 Å². The van der Waals surface area contributed by atoms with E-state index >= 15 is 0 Å². The van der Waals surface area contributed by atoms with Crippen LogP contribution in [0.3, 0.4) is 0 Å². The number of halogens is 2. The van der Waals surface area contributed by atoms with Crippen LogP contribution in [0.1, 0.15) is 23.0 Å². The molecule has 0 saturated heterocycles. The SMILES string of the molecule is CCOC(=O)c1cccn1Cc1ccc(Cl)c(F)c1. The third-order valence-electron chi connectivity index (χ3n) is 2.65. The summed E-state index contributed by atoms with van der Waals surface area (Å²) >= 11 is 5.63. The van der Waals surface area contributed by atoms with E-state index in [4.69, 9.17) is 16.3 Å². The molecule has 0 aliphatic rings. The van der Waals surface area contributed by atoms with Crippen molar-refractivity contribution in [3.8, 4) is 0 Å². The Hall–Kier alpha value is -1.81. The molecule has 0 atom stereocenters. The first-order chi connectivity index (χ1) is 9.11. The number of esters is 1. The molecule has 3 nitrogen and oxygen atoms in total. The zero-order valence-corrected chi connectivity index (χ0v) is 11.2. The number of rotatable bonds is 4. The van der Waals surface area contributed by atoms with Crippen LogP contribution in [0.2, 0.25) is 5.02 Å². The lowest BCUT2D eigenvalue weighted by molar-refractivity contribution is 0.0514. The lowest BCUT2D eigenvalue weighted by Gasteiger charge is -2.09. The fourth-order valence-corrected chi connectivity index (χ4v) is 1.89. The monoisotopic (exact) mass is 281 g/mol. The molecule has 0 unspecified atom stereocenters. The van der Waals surface area contributed by atoms with Crippen LogP contribution in [-0.2, 0) is 11.3 Å². The average Bonchev–Trinajstić information content (AvgIpc) is 2.82. The van der Waals surface area contributed by atoms with Crippen LogP contribution >= 0.6 is 11.6 Å². The largest absolute Gasteiger partial charge is 0.461 e. The van der Waals surface area contributed by atoms with Crippen LogP contribution < -0.4 is 0 Å². The molecule has 19 heavy (non-hydrogen) atoms. The Bertz CT molecular complexity index is 595. The van der Waals surface area contributed by atoms with Crippen molar-refractivity contribution >= 4 is 17.6 Å². The van der Waals surface area contributed by atoms with Crippen LogP contribution in [0.4, 0.5) is 4.39 Å². The molecule has 0 aliphatic carbocycles. The van der Waals surface area contributed by atoms with E-state index in [1.165, 1.54) is 12.1 Å². The zero-order chi connectivity index (χ0) is 13.8. The van der Waals surface area contributed by atoms with Gasteiger partial charge in [-0.3, -0.25) is 0 Å². The molecule has 5 heteroatoms. The van der Waals surface area contributed by atoms with Crippen LogP contribution in [0.15, 0.2) is 36.5 Å². The van der Waals surface area contributed by atoms with Gasteiger partial charge in [-0.15, -0.1) is 0 Å². The maximum Gasteiger partial charge on any atom is 0.354 e. The normalized spacial score (nSPS) is 10.5. The Morgan fingerprint density at radius 2 is 2.21 bits per heavy atom. The third-order valence-corrected chi connectivity index (χ3v) is 2.96. The van der Waals surface area contributed by atoms with E-state index in [0.717, 1.165) is 5.56 Å². The molecule has 1 aromatic heterocycles. The van der Waals surface area contributed by atoms with E-state index in [-0.39, 0.29) is 11.0 Å². The number of hydrogen-bond acceptors (Lipinski definition) is 2. The Kier molecular flexibility index (Phi) is 4.22. The van der Waals surface area contributed by atoms with Gasteiger partial charge >= 0.3 is 5.97 Å². The highest BCUT2D eigenvalue weighted by Crippen LogP contribution is 2.17. The van der Waals surface area contributed by atoms with E-state index in [1.807, 2.05) is 0 Å². The van der Waals surface area contributed by atoms with E-state index in [2.05, 4.69) is 0 Å². The van der Waals surface area contributed by atoms with Crippen molar-refractivity contribution in [1.82, 2.24) is 4.57 Å². The van der Waals surface area contributed by atoms with Crippen molar-refractivity contribution in [3.05, 3.63) is 58.6 Å². The molecular weight excluding hydrogens is 269 g/mol. The fraction of sp³-hybridized carbons (Fsp3) is 0.214. The summed E-state index contributed by atoms with van der Waals surface area (Å²) in [4.78, 5) is 11.7. The first-order valence-electron chi connectivity index (χ1n) is 5.88. The molecule has 0 fully saturated rings. The number of carbonyl (C=O) groups is 1. The van der Waals surface area contributed by atoms with Crippen molar-refractivity contribution in [2.45, 2.75) is 13.5 Å². The second kappa shape index (κ2) is 5.89. The highest BCUT2D eigenvalue weighted by molar-refractivity contribution is 6.30. The zero-order valence-electron chi connectivity index (χ0n) is 10.4. The van der Waals surface area contributed by atoms with Crippen molar-refractivity contribution in [1.29, 1.82) is 0 Å². The molecule has 100 valence electrons. The first kappa shape index (κ1) is 13.6. The van der Waals surface area contributed by atoms with Crippen molar-refractivity contribution in [3.63, 3.8) is 0 Å². The highest BCUT2D eigenvalue weighted by Gasteiger charge is 2.12. The summed E-state index contributed by atoms with van der Waals surface area (Å²) in [5.74, 6) is -0.856. The van der Waals surface area contributed by atoms with E-state index in [1.54, 1.807) is 35.9 Å². The maximum absolute atomic E-state index is 13.4. The maximum atomic E-state index is 13.4. The van der Waals surface area contributed by atoms with Gasteiger partial charge in [-0.2, -0.15) is 0 Å². The molecule has 2 rings (SSSR count). The predicted molar refractivity (Wildman–Crippen MR) is 70.9 cm³/mol. The molecular formula is C14H13ClFNO2. The van der Waals surface area contributed by atoms with E-state index in [0.29, 0.717) is 18.8 Å². The minimum atomic E-state index is -0.469. The predicted octanol–water partition coefficient (Wildman–Crippen LogP) is 3.51. The quantitative estimate of drug-likeness (QED) is 0.803. The van der Waals surface area contributed by atoms with Gasteiger partial charge in [-0.05, 0) is 36.8 Å². The lowest BCUT2D eigenvalue weighted by Crippen LogP contribution is -2.12. The van der Waals surface area contributed by atoms with E-state index in [9.17, 15) is 9.18 Å². The van der Waals surface area contributed by atoms with Crippen LogP contribution in [-0.4, -0.2) is 17.1 Å². The molecule has 0 spiro atoms. The van der Waals surface area contributed by atoms with Crippen LogP contribution in [0, 0.1) is 5.82 Å². The van der Waals surface area contributed by atoms with Gasteiger partial charge in [-0.25, -0.2) is 9.18 Å². The van der Waals surface area contributed by atoms with Gasteiger partial charge in [0, 0.05) is 12.7 Å². The summed E-state index contributed by atoms with van der Waals surface area (Å²) in [6.45, 7) is 2.45. The molecule has 1 aromatic carbocycles. The van der Waals surface area contributed by atoms with Gasteiger partial charge in [-0.1, -0.05) is 17.7 Å². The number of carbonyl (C=O) groups excluding carboxylic acids is 1. The topological polar surface area (TPSA) is 31.2 Å². The number of ether oxygens (including phenoxy) is 1. The molecule has 0 N–H and O–H groups in total. The minimum Gasteiger partial charge on any atom is -0.461 e. The summed E-state index contributed by atoms with van der Waals surface area (Å²) in [5.41, 5.74) is 1.17. The lowest BCUT2D eigenvalue weighted by atomic mass is 10.2. The Morgan fingerprint density at radius 1 is 1.42 bits per heavy atom. The molecule has 0 saturated carbocycles. The molecule has 0 aliphatic heterocycles. The van der Waals surface area contributed by atoms with Gasteiger partial charge in [0.2, 0.25) is 0 Å². The molecule has 0 amide bonds.